The maximum Gasteiger partial charge on any atom is 0.0605 e. The zero-order chi connectivity index (χ0) is 12.3. The summed E-state index contributed by atoms with van der Waals surface area (Å²) in [6.45, 7) is 7.09. The van der Waals surface area contributed by atoms with Crippen molar-refractivity contribution in [3.05, 3.63) is 35.9 Å². The van der Waals surface area contributed by atoms with Gasteiger partial charge in [0.15, 0.2) is 0 Å². The van der Waals surface area contributed by atoms with E-state index < -0.39 is 0 Å². The fraction of sp³-hybridized carbons (Fsp3) is 0.467. The average molecular weight is 228 g/mol. The summed E-state index contributed by atoms with van der Waals surface area (Å²) in [4.78, 5) is 2.38. The molecule has 1 unspecified atom stereocenters. The van der Waals surface area contributed by atoms with Crippen LogP contribution in [-0.4, -0.2) is 30.1 Å². The number of hydrogen-bond acceptors (Lipinski definition) is 2. The van der Waals surface area contributed by atoms with Gasteiger partial charge in [-0.1, -0.05) is 36.3 Å². The first kappa shape index (κ1) is 12.2. The number of rotatable bonds is 2. The van der Waals surface area contributed by atoms with E-state index in [-0.39, 0.29) is 5.54 Å². The molecule has 1 aromatic rings. The maximum atomic E-state index is 5.48. The Balaban J connectivity index is 2.19. The van der Waals surface area contributed by atoms with Gasteiger partial charge < -0.3 is 5.32 Å². The predicted octanol–water partition coefficient (Wildman–Crippen LogP) is 2.04. The van der Waals surface area contributed by atoms with Gasteiger partial charge in [-0.2, -0.15) is 0 Å². The molecule has 1 N–H and O–H groups in total. The van der Waals surface area contributed by atoms with Crippen LogP contribution in [0.5, 0.6) is 0 Å². The van der Waals surface area contributed by atoms with Crippen molar-refractivity contribution in [2.24, 2.45) is 0 Å². The first-order valence-electron chi connectivity index (χ1n) is 6.10. The van der Waals surface area contributed by atoms with E-state index in [1.54, 1.807) is 0 Å². The minimum absolute atomic E-state index is 0.141. The molecule has 2 nitrogen and oxygen atoms in total. The Kier molecular flexibility index (Phi) is 3.51. The largest absolute Gasteiger partial charge is 0.309 e. The number of benzene rings is 1. The molecular weight excluding hydrogens is 208 g/mol. The SMILES string of the molecule is C#CCN1CC(C)(C)NCC1c1ccccc1. The Morgan fingerprint density at radius 3 is 2.76 bits per heavy atom. The molecule has 0 aromatic heterocycles. The van der Waals surface area contributed by atoms with Gasteiger partial charge in [0.2, 0.25) is 0 Å². The van der Waals surface area contributed by atoms with E-state index in [0.29, 0.717) is 12.6 Å². The normalized spacial score (nSPS) is 24.2. The predicted molar refractivity (Wildman–Crippen MR) is 71.7 cm³/mol. The van der Waals surface area contributed by atoms with Gasteiger partial charge in [0, 0.05) is 24.7 Å². The lowest BCUT2D eigenvalue weighted by Crippen LogP contribution is -2.58. The van der Waals surface area contributed by atoms with Crippen LogP contribution in [-0.2, 0) is 0 Å². The van der Waals surface area contributed by atoms with Gasteiger partial charge in [0.05, 0.1) is 6.54 Å². The highest BCUT2D eigenvalue weighted by atomic mass is 15.2. The van der Waals surface area contributed by atoms with Crippen LogP contribution >= 0.6 is 0 Å². The Labute approximate surface area is 104 Å². The monoisotopic (exact) mass is 228 g/mol. The summed E-state index contributed by atoms with van der Waals surface area (Å²) in [7, 11) is 0. The molecule has 1 heterocycles. The second kappa shape index (κ2) is 4.91. The Morgan fingerprint density at radius 2 is 2.12 bits per heavy atom. The fourth-order valence-corrected chi connectivity index (χ4v) is 2.46. The summed E-state index contributed by atoms with van der Waals surface area (Å²) in [6, 6.07) is 11.0. The molecule has 90 valence electrons. The first-order valence-corrected chi connectivity index (χ1v) is 6.10. The quantitative estimate of drug-likeness (QED) is 0.779. The molecule has 0 saturated carbocycles. The molecule has 17 heavy (non-hydrogen) atoms. The van der Waals surface area contributed by atoms with Crippen LogP contribution in [0.25, 0.3) is 0 Å². The number of hydrogen-bond donors (Lipinski definition) is 1. The standard InChI is InChI=1S/C15H20N2/c1-4-10-17-12-15(2,3)16-11-14(17)13-8-6-5-7-9-13/h1,5-9,14,16H,10-12H2,2-3H3. The lowest BCUT2D eigenvalue weighted by molar-refractivity contribution is 0.110. The van der Waals surface area contributed by atoms with Crippen molar-refractivity contribution in [3.63, 3.8) is 0 Å². The lowest BCUT2D eigenvalue weighted by Gasteiger charge is -2.44. The molecule has 0 amide bonds. The van der Waals surface area contributed by atoms with E-state index >= 15 is 0 Å². The molecule has 1 aliphatic heterocycles. The van der Waals surface area contributed by atoms with Crippen LogP contribution in [0.2, 0.25) is 0 Å². The van der Waals surface area contributed by atoms with Crippen LogP contribution in [0.3, 0.4) is 0 Å². The fourth-order valence-electron chi connectivity index (χ4n) is 2.46. The maximum absolute atomic E-state index is 5.48. The minimum atomic E-state index is 0.141. The second-order valence-corrected chi connectivity index (χ2v) is 5.30. The molecule has 2 heteroatoms. The molecule has 0 spiro atoms. The third-order valence-corrected chi connectivity index (χ3v) is 3.29. The molecule has 1 fully saturated rings. The third-order valence-electron chi connectivity index (χ3n) is 3.29. The van der Waals surface area contributed by atoms with Gasteiger partial charge in [0.1, 0.15) is 0 Å². The molecule has 1 atom stereocenters. The summed E-state index contributed by atoms with van der Waals surface area (Å²) < 4.78 is 0. The van der Waals surface area contributed by atoms with E-state index in [1.807, 2.05) is 0 Å². The summed E-state index contributed by atoms with van der Waals surface area (Å²) in [5.74, 6) is 2.77. The summed E-state index contributed by atoms with van der Waals surface area (Å²) in [5.41, 5.74) is 1.48. The molecule has 1 aromatic carbocycles. The number of nitrogens with one attached hydrogen (secondary N) is 1. The lowest BCUT2D eigenvalue weighted by atomic mass is 9.95. The van der Waals surface area contributed by atoms with E-state index in [0.717, 1.165) is 13.1 Å². The smallest absolute Gasteiger partial charge is 0.0605 e. The van der Waals surface area contributed by atoms with E-state index in [9.17, 15) is 0 Å². The molecule has 0 aliphatic carbocycles. The van der Waals surface area contributed by atoms with Crippen molar-refractivity contribution < 1.29 is 0 Å². The number of piperazine rings is 1. The van der Waals surface area contributed by atoms with Crippen LogP contribution in [0.1, 0.15) is 25.5 Å². The molecule has 1 saturated heterocycles. The van der Waals surface area contributed by atoms with Gasteiger partial charge in [-0.15, -0.1) is 6.42 Å². The molecular formula is C15H20N2. The van der Waals surface area contributed by atoms with Gasteiger partial charge in [-0.25, -0.2) is 0 Å². The van der Waals surface area contributed by atoms with E-state index in [4.69, 9.17) is 6.42 Å². The first-order chi connectivity index (χ1) is 8.12. The highest BCUT2D eigenvalue weighted by Crippen LogP contribution is 2.26. The van der Waals surface area contributed by atoms with Crippen molar-refractivity contribution in [3.8, 4) is 12.3 Å². The summed E-state index contributed by atoms with van der Waals surface area (Å²) in [6.07, 6.45) is 5.48. The number of terminal acetylenes is 1. The highest BCUT2D eigenvalue weighted by molar-refractivity contribution is 5.21. The van der Waals surface area contributed by atoms with Gasteiger partial charge in [-0.3, -0.25) is 4.90 Å². The van der Waals surface area contributed by atoms with Crippen molar-refractivity contribution in [2.75, 3.05) is 19.6 Å². The van der Waals surface area contributed by atoms with Gasteiger partial charge in [0.25, 0.3) is 0 Å². The van der Waals surface area contributed by atoms with Crippen LogP contribution in [0.15, 0.2) is 30.3 Å². The average Bonchev–Trinajstić information content (AvgIpc) is 2.30. The van der Waals surface area contributed by atoms with Crippen molar-refractivity contribution >= 4 is 0 Å². The highest BCUT2D eigenvalue weighted by Gasteiger charge is 2.32. The minimum Gasteiger partial charge on any atom is -0.309 e. The summed E-state index contributed by atoms with van der Waals surface area (Å²) in [5, 5.41) is 3.59. The van der Waals surface area contributed by atoms with Crippen molar-refractivity contribution in [1.29, 1.82) is 0 Å². The van der Waals surface area contributed by atoms with Gasteiger partial charge in [-0.05, 0) is 19.4 Å². The topological polar surface area (TPSA) is 15.3 Å². The van der Waals surface area contributed by atoms with Crippen molar-refractivity contribution in [1.82, 2.24) is 10.2 Å². The Hall–Kier alpha value is -1.30. The third kappa shape index (κ3) is 2.88. The molecule has 2 rings (SSSR count). The molecule has 0 bridgehead atoms. The zero-order valence-corrected chi connectivity index (χ0v) is 10.6. The second-order valence-electron chi connectivity index (χ2n) is 5.30. The molecule has 0 radical (unpaired) electrons. The zero-order valence-electron chi connectivity index (χ0n) is 10.6. The van der Waals surface area contributed by atoms with Crippen LogP contribution < -0.4 is 5.32 Å². The molecule has 1 aliphatic rings. The Morgan fingerprint density at radius 1 is 1.41 bits per heavy atom. The van der Waals surface area contributed by atoms with Crippen LogP contribution in [0.4, 0.5) is 0 Å². The number of nitrogens with zero attached hydrogens (tertiary/aromatic N) is 1. The van der Waals surface area contributed by atoms with Gasteiger partial charge >= 0.3 is 0 Å². The van der Waals surface area contributed by atoms with E-state index in [1.165, 1.54) is 5.56 Å². The van der Waals surface area contributed by atoms with E-state index in [2.05, 4.69) is 60.3 Å². The Bertz CT molecular complexity index is 403. The van der Waals surface area contributed by atoms with Crippen molar-refractivity contribution in [2.45, 2.75) is 25.4 Å². The van der Waals surface area contributed by atoms with Crippen LogP contribution in [0, 0.1) is 12.3 Å². The summed E-state index contributed by atoms with van der Waals surface area (Å²) >= 11 is 0.